The van der Waals surface area contributed by atoms with E-state index in [4.69, 9.17) is 4.74 Å². The maximum absolute atomic E-state index is 12.0. The summed E-state index contributed by atoms with van der Waals surface area (Å²) in [5, 5.41) is 11.2. The molecule has 2 rings (SSSR count). The van der Waals surface area contributed by atoms with Crippen LogP contribution in [0.2, 0.25) is 0 Å². The van der Waals surface area contributed by atoms with Crippen molar-refractivity contribution in [1.82, 2.24) is 20.4 Å². The van der Waals surface area contributed by atoms with Gasteiger partial charge in [0.1, 0.15) is 0 Å². The smallest absolute Gasteiger partial charge is 0.409 e. The third-order valence-electron chi connectivity index (χ3n) is 3.37. The highest BCUT2D eigenvalue weighted by Gasteiger charge is 2.24. The molecular formula is C14H22N4O3S3. The van der Waals surface area contributed by atoms with E-state index in [1.54, 1.807) is 23.6 Å². The lowest BCUT2D eigenvalue weighted by Crippen LogP contribution is -2.47. The highest BCUT2D eigenvalue weighted by atomic mass is 32.2. The van der Waals surface area contributed by atoms with E-state index in [2.05, 4.69) is 22.4 Å². The van der Waals surface area contributed by atoms with Gasteiger partial charge in [0.25, 0.3) is 0 Å². The minimum atomic E-state index is -0.269. The molecule has 1 aromatic rings. The van der Waals surface area contributed by atoms with Gasteiger partial charge in [0, 0.05) is 19.1 Å². The molecule has 0 aliphatic carbocycles. The molecule has 0 aromatic carbocycles. The van der Waals surface area contributed by atoms with Gasteiger partial charge < -0.3 is 15.0 Å². The molecule has 24 heavy (non-hydrogen) atoms. The standard InChI is InChI=1S/C14H22N4O3S3/c1-3-21-14(20)18-7-5-10(6-8-18)15-11(19)9-23-13-17-16-12(24-13)22-4-2/h10H,3-9H2,1-2H3,(H,15,19). The van der Waals surface area contributed by atoms with Crippen LogP contribution in [0.25, 0.3) is 0 Å². The number of carbonyl (C=O) groups is 2. The fourth-order valence-corrected chi connectivity index (χ4v) is 4.98. The number of nitrogens with zero attached hydrogens (tertiary/aromatic N) is 3. The Hall–Kier alpha value is -1.000. The van der Waals surface area contributed by atoms with E-state index >= 15 is 0 Å². The highest BCUT2D eigenvalue weighted by Crippen LogP contribution is 2.28. The van der Waals surface area contributed by atoms with Crippen molar-refractivity contribution in [2.75, 3.05) is 31.2 Å². The van der Waals surface area contributed by atoms with Gasteiger partial charge in [0.05, 0.1) is 12.4 Å². The molecule has 0 radical (unpaired) electrons. The van der Waals surface area contributed by atoms with E-state index < -0.39 is 0 Å². The van der Waals surface area contributed by atoms with Gasteiger partial charge in [-0.25, -0.2) is 4.79 Å². The van der Waals surface area contributed by atoms with Crippen LogP contribution in [0, 0.1) is 0 Å². The number of carbonyl (C=O) groups excluding carboxylic acids is 2. The molecule has 1 fully saturated rings. The van der Waals surface area contributed by atoms with Crippen molar-refractivity contribution in [3.05, 3.63) is 0 Å². The Bertz CT molecular complexity index is 547. The molecule has 134 valence electrons. The van der Waals surface area contributed by atoms with E-state index in [-0.39, 0.29) is 18.0 Å². The van der Waals surface area contributed by atoms with E-state index in [9.17, 15) is 9.59 Å². The Morgan fingerprint density at radius 1 is 1.25 bits per heavy atom. The lowest BCUT2D eigenvalue weighted by atomic mass is 10.1. The summed E-state index contributed by atoms with van der Waals surface area (Å²) >= 11 is 4.58. The van der Waals surface area contributed by atoms with Gasteiger partial charge in [-0.05, 0) is 25.5 Å². The maximum Gasteiger partial charge on any atom is 0.409 e. The first-order chi connectivity index (χ1) is 11.6. The summed E-state index contributed by atoms with van der Waals surface area (Å²) in [5.74, 6) is 1.29. The molecule has 0 spiro atoms. The molecule has 7 nitrogen and oxygen atoms in total. The molecule has 1 saturated heterocycles. The van der Waals surface area contributed by atoms with Crippen LogP contribution in [-0.2, 0) is 9.53 Å². The molecule has 1 N–H and O–H groups in total. The minimum absolute atomic E-state index is 0.00511. The van der Waals surface area contributed by atoms with Crippen molar-refractivity contribution in [2.24, 2.45) is 0 Å². The fraction of sp³-hybridized carbons (Fsp3) is 0.714. The number of ether oxygens (including phenoxy) is 1. The van der Waals surface area contributed by atoms with Crippen molar-refractivity contribution in [3.8, 4) is 0 Å². The van der Waals surface area contributed by atoms with Gasteiger partial charge in [-0.2, -0.15) is 0 Å². The SMILES string of the molecule is CCOC(=O)N1CCC(NC(=O)CSc2nnc(SCC)s2)CC1. The number of amides is 2. The number of piperidine rings is 1. The quantitative estimate of drug-likeness (QED) is 0.716. The number of aromatic nitrogens is 2. The summed E-state index contributed by atoms with van der Waals surface area (Å²) in [5.41, 5.74) is 0. The van der Waals surface area contributed by atoms with Crippen LogP contribution in [0.3, 0.4) is 0 Å². The van der Waals surface area contributed by atoms with Crippen molar-refractivity contribution < 1.29 is 14.3 Å². The zero-order valence-electron chi connectivity index (χ0n) is 13.8. The van der Waals surface area contributed by atoms with E-state index in [1.165, 1.54) is 23.1 Å². The molecular weight excluding hydrogens is 368 g/mol. The number of hydrogen-bond acceptors (Lipinski definition) is 8. The van der Waals surface area contributed by atoms with Gasteiger partial charge >= 0.3 is 6.09 Å². The number of likely N-dealkylation sites (tertiary alicyclic amines) is 1. The summed E-state index contributed by atoms with van der Waals surface area (Å²) in [7, 11) is 0. The second kappa shape index (κ2) is 10.1. The molecule has 1 aliphatic heterocycles. The largest absolute Gasteiger partial charge is 0.450 e. The summed E-state index contributed by atoms with van der Waals surface area (Å²) < 4.78 is 6.74. The van der Waals surface area contributed by atoms with Crippen molar-refractivity contribution in [1.29, 1.82) is 0 Å². The van der Waals surface area contributed by atoms with Gasteiger partial charge in [0.15, 0.2) is 8.68 Å². The Labute approximate surface area is 154 Å². The Morgan fingerprint density at radius 2 is 1.92 bits per heavy atom. The number of nitrogens with one attached hydrogen (secondary N) is 1. The van der Waals surface area contributed by atoms with Crippen LogP contribution < -0.4 is 5.32 Å². The molecule has 1 aromatic heterocycles. The van der Waals surface area contributed by atoms with Crippen LogP contribution in [0.15, 0.2) is 8.68 Å². The first-order valence-electron chi connectivity index (χ1n) is 7.92. The van der Waals surface area contributed by atoms with Gasteiger partial charge in [-0.3, -0.25) is 4.79 Å². The van der Waals surface area contributed by atoms with Crippen molar-refractivity contribution in [3.63, 3.8) is 0 Å². The summed E-state index contributed by atoms with van der Waals surface area (Å²) in [6, 6.07) is 0.115. The molecule has 10 heteroatoms. The zero-order chi connectivity index (χ0) is 17.4. The topological polar surface area (TPSA) is 84.4 Å². The first-order valence-corrected chi connectivity index (χ1v) is 10.7. The van der Waals surface area contributed by atoms with E-state index in [0.717, 1.165) is 27.3 Å². The number of thioether (sulfide) groups is 2. The lowest BCUT2D eigenvalue weighted by Gasteiger charge is -2.31. The summed E-state index contributed by atoms with van der Waals surface area (Å²) in [6.45, 7) is 5.48. The molecule has 0 saturated carbocycles. The van der Waals surface area contributed by atoms with E-state index in [1.807, 2.05) is 0 Å². The summed E-state index contributed by atoms with van der Waals surface area (Å²) in [4.78, 5) is 25.4. The van der Waals surface area contributed by atoms with Gasteiger partial charge in [0.2, 0.25) is 5.91 Å². The molecule has 0 atom stereocenters. The minimum Gasteiger partial charge on any atom is -0.450 e. The average molecular weight is 391 g/mol. The van der Waals surface area contributed by atoms with Crippen LogP contribution in [0.4, 0.5) is 4.79 Å². The fourth-order valence-electron chi connectivity index (χ4n) is 2.26. The normalized spacial score (nSPS) is 15.3. The van der Waals surface area contributed by atoms with Crippen molar-refractivity contribution >= 4 is 46.9 Å². The second-order valence-electron chi connectivity index (χ2n) is 5.08. The molecule has 1 aliphatic rings. The zero-order valence-corrected chi connectivity index (χ0v) is 16.3. The Kier molecular flexibility index (Phi) is 8.13. The van der Waals surface area contributed by atoms with Crippen molar-refractivity contribution in [2.45, 2.75) is 41.4 Å². The molecule has 2 amide bonds. The third kappa shape index (κ3) is 6.14. The van der Waals surface area contributed by atoms with Gasteiger partial charge in [-0.1, -0.05) is 41.8 Å². The predicted molar refractivity (Wildman–Crippen MR) is 96.8 cm³/mol. The molecule has 0 unspecified atom stereocenters. The Balaban J connectivity index is 1.67. The molecule has 0 bridgehead atoms. The van der Waals surface area contributed by atoms with Crippen LogP contribution in [-0.4, -0.2) is 64.3 Å². The van der Waals surface area contributed by atoms with Crippen LogP contribution in [0.5, 0.6) is 0 Å². The number of hydrogen-bond donors (Lipinski definition) is 1. The second-order valence-corrected chi connectivity index (χ2v) is 8.79. The third-order valence-corrected chi connectivity index (χ3v) is 6.44. The predicted octanol–water partition coefficient (Wildman–Crippen LogP) is 2.48. The van der Waals surface area contributed by atoms with Crippen LogP contribution in [0.1, 0.15) is 26.7 Å². The maximum atomic E-state index is 12.0. The highest BCUT2D eigenvalue weighted by molar-refractivity contribution is 8.03. The van der Waals surface area contributed by atoms with Crippen LogP contribution >= 0.6 is 34.9 Å². The lowest BCUT2D eigenvalue weighted by molar-refractivity contribution is -0.119. The first kappa shape index (κ1) is 19.3. The number of rotatable bonds is 7. The Morgan fingerprint density at radius 3 is 2.54 bits per heavy atom. The summed E-state index contributed by atoms with van der Waals surface area (Å²) in [6.07, 6.45) is 1.24. The monoisotopic (exact) mass is 390 g/mol. The van der Waals surface area contributed by atoms with E-state index in [0.29, 0.717) is 25.4 Å². The van der Waals surface area contributed by atoms with Gasteiger partial charge in [-0.15, -0.1) is 10.2 Å². The average Bonchev–Trinajstić information content (AvgIpc) is 3.02. The molecule has 2 heterocycles.